The number of hydrogen-bond donors (Lipinski definition) is 0. The highest BCUT2D eigenvalue weighted by Crippen LogP contribution is 2.20. The molecular weight excluding hydrogens is 124 g/mol. The van der Waals surface area contributed by atoms with Crippen molar-refractivity contribution < 1.29 is 4.74 Å². The number of rotatable bonds is 4. The van der Waals surface area contributed by atoms with Crippen molar-refractivity contribution in [2.24, 2.45) is 11.8 Å². The van der Waals surface area contributed by atoms with Gasteiger partial charge in [-0.05, 0) is 18.8 Å². The first-order chi connectivity index (χ1) is 4.63. The number of methoxy groups -OCH3 is 1. The van der Waals surface area contributed by atoms with E-state index in [9.17, 15) is 0 Å². The third kappa shape index (κ3) is 2.70. The van der Waals surface area contributed by atoms with Crippen molar-refractivity contribution in [2.45, 2.75) is 40.2 Å². The largest absolute Gasteiger partial charge is 0.381 e. The number of hydrogen-bond acceptors (Lipinski definition) is 1. The smallest absolute Gasteiger partial charge is 0.0573 e. The lowest BCUT2D eigenvalue weighted by molar-refractivity contribution is 0.0456. The Morgan fingerprint density at radius 3 is 1.80 bits per heavy atom. The third-order valence-electron chi connectivity index (χ3n) is 2.30. The first-order valence-corrected chi connectivity index (χ1v) is 4.16. The van der Waals surface area contributed by atoms with Gasteiger partial charge in [0.1, 0.15) is 0 Å². The van der Waals surface area contributed by atoms with Gasteiger partial charge in [0.2, 0.25) is 0 Å². The van der Waals surface area contributed by atoms with E-state index in [1.165, 1.54) is 6.42 Å². The lowest BCUT2D eigenvalue weighted by Crippen LogP contribution is -2.23. The second-order valence-electron chi connectivity index (χ2n) is 3.26. The average Bonchev–Trinajstić information content (AvgIpc) is 1.88. The summed E-state index contributed by atoms with van der Waals surface area (Å²) in [5, 5.41) is 0. The summed E-state index contributed by atoms with van der Waals surface area (Å²) < 4.78 is 5.26. The van der Waals surface area contributed by atoms with Crippen LogP contribution in [-0.4, -0.2) is 13.2 Å². The van der Waals surface area contributed by atoms with Gasteiger partial charge in [0.05, 0.1) is 6.10 Å². The van der Waals surface area contributed by atoms with Gasteiger partial charge in [-0.3, -0.25) is 0 Å². The van der Waals surface area contributed by atoms with Crippen LogP contribution >= 0.6 is 0 Å². The highest BCUT2D eigenvalue weighted by molar-refractivity contribution is 4.67. The molecule has 0 aliphatic rings. The molecule has 10 heavy (non-hydrogen) atoms. The Hall–Kier alpha value is -0.0400. The van der Waals surface area contributed by atoms with Crippen LogP contribution in [0.25, 0.3) is 0 Å². The van der Waals surface area contributed by atoms with Gasteiger partial charge in [-0.25, -0.2) is 0 Å². The molecule has 0 aliphatic carbocycles. The second kappa shape index (κ2) is 4.73. The molecule has 0 aromatic heterocycles. The van der Waals surface area contributed by atoms with E-state index in [0.29, 0.717) is 12.0 Å². The first kappa shape index (κ1) is 9.96. The molecular formula is C9H20O. The van der Waals surface area contributed by atoms with E-state index < -0.39 is 0 Å². The molecule has 0 aromatic carbocycles. The molecule has 0 radical (unpaired) electrons. The molecule has 0 amide bonds. The fourth-order valence-electron chi connectivity index (χ4n) is 1.52. The molecule has 0 rings (SSSR count). The summed E-state index contributed by atoms with van der Waals surface area (Å²) in [4.78, 5) is 0. The molecule has 0 N–H and O–H groups in total. The van der Waals surface area contributed by atoms with Crippen LogP contribution in [0.3, 0.4) is 0 Å². The zero-order valence-electron chi connectivity index (χ0n) is 7.85. The van der Waals surface area contributed by atoms with Gasteiger partial charge >= 0.3 is 0 Å². The summed E-state index contributed by atoms with van der Waals surface area (Å²) >= 11 is 0. The zero-order chi connectivity index (χ0) is 8.15. The summed E-state index contributed by atoms with van der Waals surface area (Å²) in [6.07, 6.45) is 1.62. The van der Waals surface area contributed by atoms with Crippen LogP contribution in [0.4, 0.5) is 0 Å². The van der Waals surface area contributed by atoms with Crippen molar-refractivity contribution >= 4 is 0 Å². The standard InChI is InChI=1S/C9H20O/c1-6-9(7(2)3)8(4)10-5/h7-9H,6H2,1-5H3. The maximum absolute atomic E-state index is 5.26. The molecule has 0 bridgehead atoms. The molecule has 0 aromatic rings. The topological polar surface area (TPSA) is 9.23 Å². The van der Waals surface area contributed by atoms with Crippen molar-refractivity contribution in [1.29, 1.82) is 0 Å². The SMILES string of the molecule is CCC(C(C)C)C(C)OC. The van der Waals surface area contributed by atoms with Gasteiger partial charge in [-0.15, -0.1) is 0 Å². The van der Waals surface area contributed by atoms with E-state index in [1.807, 2.05) is 0 Å². The Morgan fingerprint density at radius 1 is 1.20 bits per heavy atom. The van der Waals surface area contributed by atoms with Crippen LogP contribution in [0, 0.1) is 11.8 Å². The first-order valence-electron chi connectivity index (χ1n) is 4.16. The van der Waals surface area contributed by atoms with Crippen molar-refractivity contribution in [2.75, 3.05) is 7.11 Å². The lowest BCUT2D eigenvalue weighted by Gasteiger charge is -2.24. The molecule has 1 nitrogen and oxygen atoms in total. The fraction of sp³-hybridized carbons (Fsp3) is 1.00. The Morgan fingerprint density at radius 2 is 1.70 bits per heavy atom. The second-order valence-corrected chi connectivity index (χ2v) is 3.26. The van der Waals surface area contributed by atoms with E-state index >= 15 is 0 Å². The van der Waals surface area contributed by atoms with Crippen LogP contribution in [0.15, 0.2) is 0 Å². The van der Waals surface area contributed by atoms with Gasteiger partial charge in [-0.1, -0.05) is 27.2 Å². The van der Waals surface area contributed by atoms with E-state index in [1.54, 1.807) is 7.11 Å². The van der Waals surface area contributed by atoms with E-state index in [4.69, 9.17) is 4.74 Å². The predicted octanol–water partition coefficient (Wildman–Crippen LogP) is 2.70. The maximum Gasteiger partial charge on any atom is 0.0573 e. The van der Waals surface area contributed by atoms with Gasteiger partial charge in [0, 0.05) is 7.11 Å². The summed E-state index contributed by atoms with van der Waals surface area (Å²) in [6, 6.07) is 0. The van der Waals surface area contributed by atoms with Gasteiger partial charge in [0.15, 0.2) is 0 Å². The summed E-state index contributed by atoms with van der Waals surface area (Å²) in [7, 11) is 1.79. The Labute approximate surface area is 64.8 Å². The van der Waals surface area contributed by atoms with Crippen LogP contribution in [0.2, 0.25) is 0 Å². The normalized spacial score (nSPS) is 17.4. The Kier molecular flexibility index (Phi) is 4.71. The molecule has 0 fully saturated rings. The minimum absolute atomic E-state index is 0.407. The van der Waals surface area contributed by atoms with Gasteiger partial charge < -0.3 is 4.74 Å². The highest BCUT2D eigenvalue weighted by Gasteiger charge is 2.17. The quantitative estimate of drug-likeness (QED) is 0.589. The minimum Gasteiger partial charge on any atom is -0.381 e. The molecule has 0 saturated heterocycles. The Bertz CT molecular complexity index is 78.8. The van der Waals surface area contributed by atoms with Gasteiger partial charge in [-0.2, -0.15) is 0 Å². The number of ether oxygens (including phenoxy) is 1. The van der Waals surface area contributed by atoms with Crippen LogP contribution < -0.4 is 0 Å². The summed E-state index contributed by atoms with van der Waals surface area (Å²) in [5.74, 6) is 1.45. The van der Waals surface area contributed by atoms with Crippen LogP contribution in [-0.2, 0) is 4.74 Å². The van der Waals surface area contributed by atoms with Crippen molar-refractivity contribution in [3.8, 4) is 0 Å². The molecule has 0 heterocycles. The van der Waals surface area contributed by atoms with E-state index in [-0.39, 0.29) is 0 Å². The maximum atomic E-state index is 5.26. The monoisotopic (exact) mass is 144 g/mol. The van der Waals surface area contributed by atoms with Gasteiger partial charge in [0.25, 0.3) is 0 Å². The molecule has 0 aliphatic heterocycles. The van der Waals surface area contributed by atoms with Crippen molar-refractivity contribution in [3.05, 3.63) is 0 Å². The molecule has 0 saturated carbocycles. The Balaban J connectivity index is 3.80. The van der Waals surface area contributed by atoms with Crippen LogP contribution in [0.1, 0.15) is 34.1 Å². The molecule has 0 spiro atoms. The van der Waals surface area contributed by atoms with Crippen molar-refractivity contribution in [1.82, 2.24) is 0 Å². The molecule has 62 valence electrons. The summed E-state index contributed by atoms with van der Waals surface area (Å²) in [6.45, 7) is 8.88. The average molecular weight is 144 g/mol. The van der Waals surface area contributed by atoms with Crippen molar-refractivity contribution in [3.63, 3.8) is 0 Å². The zero-order valence-corrected chi connectivity index (χ0v) is 7.85. The molecule has 2 atom stereocenters. The molecule has 1 heteroatoms. The van der Waals surface area contributed by atoms with Crippen LogP contribution in [0.5, 0.6) is 0 Å². The van der Waals surface area contributed by atoms with E-state index in [2.05, 4.69) is 27.7 Å². The lowest BCUT2D eigenvalue weighted by atomic mass is 9.89. The minimum atomic E-state index is 0.407. The predicted molar refractivity (Wildman–Crippen MR) is 45.1 cm³/mol. The molecule has 2 unspecified atom stereocenters. The third-order valence-corrected chi connectivity index (χ3v) is 2.30. The highest BCUT2D eigenvalue weighted by atomic mass is 16.5. The summed E-state index contributed by atoms with van der Waals surface area (Å²) in [5.41, 5.74) is 0. The fourth-order valence-corrected chi connectivity index (χ4v) is 1.52. The van der Waals surface area contributed by atoms with E-state index in [0.717, 1.165) is 5.92 Å².